The van der Waals surface area contributed by atoms with Crippen molar-refractivity contribution >= 4 is 5.69 Å². The topological polar surface area (TPSA) is 41.3 Å². The Kier molecular flexibility index (Phi) is 3.46. The molecule has 0 aromatic heterocycles. The van der Waals surface area contributed by atoms with E-state index in [2.05, 4.69) is 41.5 Å². The summed E-state index contributed by atoms with van der Waals surface area (Å²) in [6.45, 7) is 2.29. The fraction of sp³-hybridized carbons (Fsp3) is 0.538. The van der Waals surface area contributed by atoms with Crippen LogP contribution < -0.4 is 11.1 Å². The molecule has 16 heavy (non-hydrogen) atoms. The molecule has 0 bridgehead atoms. The van der Waals surface area contributed by atoms with Crippen molar-refractivity contribution in [3.8, 4) is 0 Å². The van der Waals surface area contributed by atoms with Gasteiger partial charge in [0.15, 0.2) is 0 Å². The molecule has 1 aliphatic rings. The molecule has 2 rings (SSSR count). The van der Waals surface area contributed by atoms with Gasteiger partial charge in [-0.3, -0.25) is 0 Å². The quantitative estimate of drug-likeness (QED) is 0.812. The molecule has 1 saturated heterocycles. The van der Waals surface area contributed by atoms with Crippen molar-refractivity contribution < 1.29 is 0 Å². The Morgan fingerprint density at radius 3 is 2.94 bits per heavy atom. The maximum atomic E-state index is 6.33. The van der Waals surface area contributed by atoms with Crippen molar-refractivity contribution in [3.63, 3.8) is 0 Å². The summed E-state index contributed by atoms with van der Waals surface area (Å²) in [4.78, 5) is 2.35. The largest absolute Gasteiger partial charge is 0.388 e. The zero-order chi connectivity index (χ0) is 11.5. The molecule has 3 nitrogen and oxygen atoms in total. The van der Waals surface area contributed by atoms with Crippen LogP contribution in [0, 0.1) is 5.92 Å². The Hall–Kier alpha value is -1.06. The minimum atomic E-state index is 0.165. The number of nitrogens with two attached hydrogens (primary N) is 1. The first-order chi connectivity index (χ1) is 7.70. The first-order valence-corrected chi connectivity index (χ1v) is 5.92. The van der Waals surface area contributed by atoms with Gasteiger partial charge in [0.25, 0.3) is 0 Å². The molecular formula is C13H21N3. The highest BCUT2D eigenvalue weighted by Gasteiger charge is 2.26. The lowest BCUT2D eigenvalue weighted by molar-refractivity contribution is 0.372. The third-order valence-corrected chi connectivity index (χ3v) is 3.50. The van der Waals surface area contributed by atoms with Gasteiger partial charge in [-0.05, 0) is 43.6 Å². The number of benzene rings is 1. The maximum absolute atomic E-state index is 6.33. The highest BCUT2D eigenvalue weighted by Crippen LogP contribution is 2.28. The van der Waals surface area contributed by atoms with Gasteiger partial charge >= 0.3 is 0 Å². The van der Waals surface area contributed by atoms with E-state index in [1.54, 1.807) is 0 Å². The smallest absolute Gasteiger partial charge is 0.0340 e. The predicted octanol–water partition coefficient (Wildman–Crippen LogP) is 1.68. The van der Waals surface area contributed by atoms with Gasteiger partial charge in [-0.15, -0.1) is 0 Å². The molecule has 0 radical (unpaired) electrons. The Morgan fingerprint density at radius 2 is 2.31 bits per heavy atom. The van der Waals surface area contributed by atoms with E-state index in [1.165, 1.54) is 18.5 Å². The number of nitrogens with zero attached hydrogens (tertiary/aromatic N) is 1. The lowest BCUT2D eigenvalue weighted by Crippen LogP contribution is -2.24. The van der Waals surface area contributed by atoms with Crippen LogP contribution in [-0.2, 0) is 0 Å². The molecule has 2 atom stereocenters. The van der Waals surface area contributed by atoms with E-state index in [-0.39, 0.29) is 6.04 Å². The molecule has 3 heteroatoms. The van der Waals surface area contributed by atoms with Crippen LogP contribution in [0.5, 0.6) is 0 Å². The summed E-state index contributed by atoms with van der Waals surface area (Å²) in [5, 5.41) is 3.16. The van der Waals surface area contributed by atoms with Crippen LogP contribution in [0.25, 0.3) is 0 Å². The van der Waals surface area contributed by atoms with Gasteiger partial charge in [0.1, 0.15) is 0 Å². The van der Waals surface area contributed by atoms with E-state index >= 15 is 0 Å². The van der Waals surface area contributed by atoms with Gasteiger partial charge < -0.3 is 16.0 Å². The average Bonchev–Trinajstić information content (AvgIpc) is 2.75. The zero-order valence-electron chi connectivity index (χ0n) is 10.1. The van der Waals surface area contributed by atoms with E-state index in [1.807, 2.05) is 7.05 Å². The maximum Gasteiger partial charge on any atom is 0.0340 e. The predicted molar refractivity (Wildman–Crippen MR) is 68.5 cm³/mol. The highest BCUT2D eigenvalue weighted by atomic mass is 15.1. The van der Waals surface area contributed by atoms with Gasteiger partial charge in [0, 0.05) is 25.3 Å². The summed E-state index contributed by atoms with van der Waals surface area (Å²) in [5.41, 5.74) is 8.71. The van der Waals surface area contributed by atoms with Gasteiger partial charge in [0.2, 0.25) is 0 Å². The number of hydrogen-bond acceptors (Lipinski definition) is 3. The molecule has 1 fully saturated rings. The molecule has 2 unspecified atom stereocenters. The molecule has 1 aromatic rings. The van der Waals surface area contributed by atoms with Crippen LogP contribution >= 0.6 is 0 Å². The molecule has 1 aliphatic heterocycles. The highest BCUT2D eigenvalue weighted by molar-refractivity contribution is 5.45. The van der Waals surface area contributed by atoms with Crippen molar-refractivity contribution in [2.45, 2.75) is 12.5 Å². The number of nitrogens with one attached hydrogen (secondary N) is 1. The number of anilines is 1. The Bertz CT molecular complexity index is 351. The fourth-order valence-electron chi connectivity index (χ4n) is 2.44. The lowest BCUT2D eigenvalue weighted by Gasteiger charge is -2.20. The molecule has 3 N–H and O–H groups in total. The minimum absolute atomic E-state index is 0.165. The van der Waals surface area contributed by atoms with Crippen LogP contribution in [0.4, 0.5) is 5.69 Å². The second-order valence-corrected chi connectivity index (χ2v) is 4.71. The van der Waals surface area contributed by atoms with Crippen molar-refractivity contribution in [2.24, 2.45) is 11.7 Å². The van der Waals surface area contributed by atoms with Crippen LogP contribution in [0.15, 0.2) is 24.3 Å². The van der Waals surface area contributed by atoms with Gasteiger partial charge in [0.05, 0.1) is 0 Å². The van der Waals surface area contributed by atoms with Crippen molar-refractivity contribution in [3.05, 3.63) is 29.8 Å². The summed E-state index contributed by atoms with van der Waals surface area (Å²) in [5.74, 6) is 0.595. The standard InChI is InChI=1S/C13H21N3/c1-15-12-5-3-4-10(8-12)13(14)11-6-7-16(2)9-11/h3-5,8,11,13,15H,6-7,9,14H2,1-2H3. The summed E-state index contributed by atoms with van der Waals surface area (Å²) in [7, 11) is 4.10. The molecule has 0 spiro atoms. The Morgan fingerprint density at radius 1 is 1.50 bits per heavy atom. The summed E-state index contributed by atoms with van der Waals surface area (Å²) >= 11 is 0. The SMILES string of the molecule is CNc1cccc(C(N)C2CCN(C)C2)c1. The second kappa shape index (κ2) is 4.85. The summed E-state index contributed by atoms with van der Waals surface area (Å²) in [6, 6.07) is 8.59. The second-order valence-electron chi connectivity index (χ2n) is 4.71. The first kappa shape index (κ1) is 11.4. The van der Waals surface area contributed by atoms with Crippen LogP contribution in [-0.4, -0.2) is 32.1 Å². The molecule has 1 aromatic carbocycles. The molecule has 0 amide bonds. The lowest BCUT2D eigenvalue weighted by atomic mass is 9.93. The minimum Gasteiger partial charge on any atom is -0.388 e. The Balaban J connectivity index is 2.10. The molecule has 0 aliphatic carbocycles. The molecule has 1 heterocycles. The first-order valence-electron chi connectivity index (χ1n) is 5.92. The van der Waals surface area contributed by atoms with E-state index in [4.69, 9.17) is 5.73 Å². The van der Waals surface area contributed by atoms with Crippen LogP contribution in [0.3, 0.4) is 0 Å². The van der Waals surface area contributed by atoms with Crippen molar-refractivity contribution in [1.29, 1.82) is 0 Å². The van der Waals surface area contributed by atoms with Crippen LogP contribution in [0.1, 0.15) is 18.0 Å². The number of likely N-dealkylation sites (tertiary alicyclic amines) is 1. The normalized spacial score (nSPS) is 23.3. The summed E-state index contributed by atoms with van der Waals surface area (Å²) < 4.78 is 0. The van der Waals surface area contributed by atoms with Crippen molar-refractivity contribution in [1.82, 2.24) is 4.90 Å². The number of rotatable bonds is 3. The monoisotopic (exact) mass is 219 g/mol. The van der Waals surface area contributed by atoms with Crippen LogP contribution in [0.2, 0.25) is 0 Å². The fourth-order valence-corrected chi connectivity index (χ4v) is 2.44. The van der Waals surface area contributed by atoms with E-state index < -0.39 is 0 Å². The van der Waals surface area contributed by atoms with E-state index in [9.17, 15) is 0 Å². The zero-order valence-corrected chi connectivity index (χ0v) is 10.1. The number of hydrogen-bond donors (Lipinski definition) is 2. The van der Waals surface area contributed by atoms with Crippen molar-refractivity contribution in [2.75, 3.05) is 32.5 Å². The third kappa shape index (κ3) is 2.36. The summed E-state index contributed by atoms with van der Waals surface area (Å²) in [6.07, 6.45) is 1.21. The molecule has 88 valence electrons. The van der Waals surface area contributed by atoms with E-state index in [0.29, 0.717) is 5.92 Å². The van der Waals surface area contributed by atoms with Gasteiger partial charge in [-0.2, -0.15) is 0 Å². The van der Waals surface area contributed by atoms with Gasteiger partial charge in [-0.1, -0.05) is 12.1 Å². The van der Waals surface area contributed by atoms with Gasteiger partial charge in [-0.25, -0.2) is 0 Å². The van der Waals surface area contributed by atoms with E-state index in [0.717, 1.165) is 12.2 Å². The third-order valence-electron chi connectivity index (χ3n) is 3.50. The average molecular weight is 219 g/mol. The Labute approximate surface area is 97.6 Å². The molecule has 0 saturated carbocycles. The molecular weight excluding hydrogens is 198 g/mol.